The van der Waals surface area contributed by atoms with Crippen LogP contribution in [0, 0.1) is 11.8 Å². The maximum Gasteiger partial charge on any atom is 0.407 e. The molecular formula is C20H20F2N4O2. The first-order chi connectivity index (χ1) is 13.2. The third-order valence-corrected chi connectivity index (χ3v) is 3.69. The van der Waals surface area contributed by atoms with Crippen LogP contribution in [0.3, 0.4) is 0 Å². The van der Waals surface area contributed by atoms with Crippen LogP contribution in [0.5, 0.6) is 0 Å². The Hall–Kier alpha value is -3.29. The highest BCUT2D eigenvalue weighted by Gasteiger charge is 2.16. The molecular weight excluding hydrogens is 366 g/mol. The number of carbonyl (C=O) groups excluding carboxylic acids is 1. The number of hydrogen-bond donors (Lipinski definition) is 1. The van der Waals surface area contributed by atoms with Crippen molar-refractivity contribution < 1.29 is 18.3 Å². The number of benzene rings is 1. The SMILES string of the molecule is CC(C)(C)OC(=O)NCc1cc(F)cc(-c2cnn(-c3ccc(F)nc3)c2)c1. The fourth-order valence-electron chi connectivity index (χ4n) is 2.52. The maximum atomic E-state index is 14.1. The number of alkyl carbamates (subject to hydrolysis) is 1. The van der Waals surface area contributed by atoms with E-state index in [1.165, 1.54) is 29.1 Å². The lowest BCUT2D eigenvalue weighted by Crippen LogP contribution is -2.32. The Kier molecular flexibility index (Phi) is 5.39. The van der Waals surface area contributed by atoms with Gasteiger partial charge in [-0.1, -0.05) is 0 Å². The lowest BCUT2D eigenvalue weighted by atomic mass is 10.1. The first kappa shape index (κ1) is 19.5. The van der Waals surface area contributed by atoms with E-state index in [0.717, 1.165) is 0 Å². The molecule has 1 N–H and O–H groups in total. The van der Waals surface area contributed by atoms with Gasteiger partial charge in [-0.3, -0.25) is 0 Å². The quantitative estimate of drug-likeness (QED) is 0.681. The number of nitrogens with one attached hydrogen (secondary N) is 1. The summed E-state index contributed by atoms with van der Waals surface area (Å²) in [6, 6.07) is 7.25. The van der Waals surface area contributed by atoms with Crippen molar-refractivity contribution in [3.8, 4) is 16.8 Å². The Morgan fingerprint density at radius 1 is 1.14 bits per heavy atom. The van der Waals surface area contributed by atoms with Crippen molar-refractivity contribution in [2.75, 3.05) is 0 Å². The smallest absolute Gasteiger partial charge is 0.407 e. The maximum absolute atomic E-state index is 14.1. The molecule has 6 nitrogen and oxygen atoms in total. The summed E-state index contributed by atoms with van der Waals surface area (Å²) in [6.07, 6.45) is 4.04. The fourth-order valence-corrected chi connectivity index (χ4v) is 2.52. The minimum absolute atomic E-state index is 0.121. The van der Waals surface area contributed by atoms with Crippen LogP contribution in [0.4, 0.5) is 13.6 Å². The molecule has 1 aromatic carbocycles. The highest BCUT2D eigenvalue weighted by molar-refractivity contribution is 5.68. The second-order valence-corrected chi connectivity index (χ2v) is 7.22. The van der Waals surface area contributed by atoms with Crippen molar-refractivity contribution in [1.82, 2.24) is 20.1 Å². The van der Waals surface area contributed by atoms with Crippen LogP contribution in [0.2, 0.25) is 0 Å². The van der Waals surface area contributed by atoms with Gasteiger partial charge in [0.1, 0.15) is 11.4 Å². The second-order valence-electron chi connectivity index (χ2n) is 7.22. The number of amides is 1. The zero-order chi connectivity index (χ0) is 20.3. The number of rotatable bonds is 4. The van der Waals surface area contributed by atoms with E-state index in [9.17, 15) is 13.6 Å². The second kappa shape index (κ2) is 7.75. The van der Waals surface area contributed by atoms with Gasteiger partial charge in [0.25, 0.3) is 0 Å². The number of halogens is 2. The van der Waals surface area contributed by atoms with Gasteiger partial charge in [-0.05, 0) is 62.2 Å². The zero-order valence-electron chi connectivity index (χ0n) is 15.7. The van der Waals surface area contributed by atoms with Gasteiger partial charge >= 0.3 is 6.09 Å². The van der Waals surface area contributed by atoms with Crippen LogP contribution in [0.1, 0.15) is 26.3 Å². The van der Waals surface area contributed by atoms with Crippen molar-refractivity contribution in [1.29, 1.82) is 0 Å². The highest BCUT2D eigenvalue weighted by Crippen LogP contribution is 2.23. The van der Waals surface area contributed by atoms with Gasteiger partial charge in [-0.25, -0.2) is 18.9 Å². The number of hydrogen-bond acceptors (Lipinski definition) is 4. The summed E-state index contributed by atoms with van der Waals surface area (Å²) in [5, 5.41) is 6.81. The molecule has 1 amide bonds. The van der Waals surface area contributed by atoms with Gasteiger partial charge < -0.3 is 10.1 Å². The lowest BCUT2D eigenvalue weighted by molar-refractivity contribution is 0.0523. The molecule has 0 fully saturated rings. The minimum Gasteiger partial charge on any atom is -0.444 e. The molecule has 3 aromatic rings. The summed E-state index contributed by atoms with van der Waals surface area (Å²) in [5.41, 5.74) is 1.82. The van der Waals surface area contributed by atoms with Gasteiger partial charge in [0.2, 0.25) is 5.95 Å². The van der Waals surface area contributed by atoms with E-state index in [0.29, 0.717) is 22.4 Å². The molecule has 0 aliphatic rings. The minimum atomic E-state index is -0.610. The van der Waals surface area contributed by atoms with Crippen molar-refractivity contribution in [2.45, 2.75) is 32.9 Å². The average molecular weight is 386 g/mol. The molecule has 0 radical (unpaired) electrons. The molecule has 0 atom stereocenters. The first-order valence-electron chi connectivity index (χ1n) is 8.63. The summed E-state index contributed by atoms with van der Waals surface area (Å²) >= 11 is 0. The molecule has 3 rings (SSSR count). The third kappa shape index (κ3) is 5.12. The zero-order valence-corrected chi connectivity index (χ0v) is 15.7. The van der Waals surface area contributed by atoms with Crippen LogP contribution in [-0.4, -0.2) is 26.5 Å². The molecule has 2 aromatic heterocycles. The van der Waals surface area contributed by atoms with E-state index in [4.69, 9.17) is 4.74 Å². The molecule has 0 saturated carbocycles. The molecule has 28 heavy (non-hydrogen) atoms. The number of ether oxygens (including phenoxy) is 1. The van der Waals surface area contributed by atoms with Gasteiger partial charge in [0, 0.05) is 18.3 Å². The molecule has 2 heterocycles. The predicted molar refractivity (Wildman–Crippen MR) is 99.8 cm³/mol. The molecule has 0 bridgehead atoms. The molecule has 0 saturated heterocycles. The van der Waals surface area contributed by atoms with Crippen LogP contribution in [0.15, 0.2) is 48.9 Å². The molecule has 146 valence electrons. The molecule has 0 spiro atoms. The molecule has 0 unspecified atom stereocenters. The van der Waals surface area contributed by atoms with Crippen LogP contribution >= 0.6 is 0 Å². The predicted octanol–water partition coefficient (Wildman–Crippen LogP) is 4.24. The number of pyridine rings is 1. The van der Waals surface area contributed by atoms with Gasteiger partial charge in [-0.15, -0.1) is 0 Å². The Balaban J connectivity index is 1.76. The number of nitrogens with zero attached hydrogens (tertiary/aromatic N) is 3. The summed E-state index contributed by atoms with van der Waals surface area (Å²) in [5.74, 6) is -1.02. The van der Waals surface area contributed by atoms with Crippen LogP contribution in [-0.2, 0) is 11.3 Å². The summed E-state index contributed by atoms with van der Waals surface area (Å²) < 4.78 is 33.7. The van der Waals surface area contributed by atoms with Crippen molar-refractivity contribution >= 4 is 6.09 Å². The van der Waals surface area contributed by atoms with Crippen molar-refractivity contribution in [2.24, 2.45) is 0 Å². The summed E-state index contributed by atoms with van der Waals surface area (Å²) in [6.45, 7) is 5.42. The van der Waals surface area contributed by atoms with Gasteiger partial charge in [0.05, 0.1) is 18.1 Å². The van der Waals surface area contributed by atoms with Crippen molar-refractivity contribution in [3.63, 3.8) is 0 Å². The van der Waals surface area contributed by atoms with Gasteiger partial charge in [-0.2, -0.15) is 9.49 Å². The first-order valence-corrected chi connectivity index (χ1v) is 8.63. The van der Waals surface area contributed by atoms with E-state index in [1.807, 2.05) is 0 Å². The third-order valence-electron chi connectivity index (χ3n) is 3.69. The standard InChI is InChI=1S/C20H20F2N4O2/c1-20(2,3)28-19(27)24-9-13-6-14(8-16(21)7-13)15-10-25-26(12-15)17-4-5-18(22)23-11-17/h4-8,10-12H,9H2,1-3H3,(H,24,27). The Morgan fingerprint density at radius 2 is 1.93 bits per heavy atom. The molecule has 8 heteroatoms. The summed E-state index contributed by atoms with van der Waals surface area (Å²) in [4.78, 5) is 15.4. The fraction of sp³-hybridized carbons (Fsp3) is 0.250. The largest absolute Gasteiger partial charge is 0.444 e. The Labute approximate surface area is 161 Å². The highest BCUT2D eigenvalue weighted by atomic mass is 19.1. The van der Waals surface area contributed by atoms with Crippen LogP contribution in [0.25, 0.3) is 16.8 Å². The van der Waals surface area contributed by atoms with Crippen molar-refractivity contribution in [3.05, 3.63) is 66.3 Å². The Bertz CT molecular complexity index is 979. The van der Waals surface area contributed by atoms with E-state index in [1.54, 1.807) is 45.3 Å². The molecule has 0 aliphatic carbocycles. The van der Waals surface area contributed by atoms with E-state index >= 15 is 0 Å². The van der Waals surface area contributed by atoms with E-state index in [2.05, 4.69) is 15.4 Å². The van der Waals surface area contributed by atoms with Gasteiger partial charge in [0.15, 0.2) is 0 Å². The van der Waals surface area contributed by atoms with E-state index < -0.39 is 23.5 Å². The normalized spacial score (nSPS) is 11.3. The number of carbonyl (C=O) groups is 1. The van der Waals surface area contributed by atoms with E-state index in [-0.39, 0.29) is 6.54 Å². The lowest BCUT2D eigenvalue weighted by Gasteiger charge is -2.19. The summed E-state index contributed by atoms with van der Waals surface area (Å²) in [7, 11) is 0. The number of aromatic nitrogens is 3. The topological polar surface area (TPSA) is 69.0 Å². The Morgan fingerprint density at radius 3 is 2.61 bits per heavy atom. The van der Waals surface area contributed by atoms with Crippen LogP contribution < -0.4 is 5.32 Å². The molecule has 0 aliphatic heterocycles. The monoisotopic (exact) mass is 386 g/mol. The average Bonchev–Trinajstić information content (AvgIpc) is 3.09.